The maximum Gasteiger partial charge on any atom is 0.290 e. The number of alkyl halides is 2. The van der Waals surface area contributed by atoms with Gasteiger partial charge in [0.15, 0.2) is 0 Å². The lowest BCUT2D eigenvalue weighted by atomic mass is 10.1. The lowest BCUT2D eigenvalue weighted by Crippen LogP contribution is -2.24. The highest BCUT2D eigenvalue weighted by Gasteiger charge is 2.30. The molecule has 2 aromatic rings. The fourth-order valence-corrected chi connectivity index (χ4v) is 2.00. The molecule has 0 saturated carbocycles. The summed E-state index contributed by atoms with van der Waals surface area (Å²) in [7, 11) is 0. The van der Waals surface area contributed by atoms with Crippen LogP contribution >= 0.6 is 0 Å². The molecule has 1 nitrogen and oxygen atoms in total. The number of anilines is 1. The van der Waals surface area contributed by atoms with E-state index in [0.29, 0.717) is 0 Å². The van der Waals surface area contributed by atoms with E-state index in [9.17, 15) is 8.78 Å². The van der Waals surface area contributed by atoms with Gasteiger partial charge in [-0.2, -0.15) is 8.78 Å². The normalized spacial score (nSPS) is 11.4. The summed E-state index contributed by atoms with van der Waals surface area (Å²) < 4.78 is 28.0. The van der Waals surface area contributed by atoms with Crippen molar-refractivity contribution in [2.24, 2.45) is 0 Å². The summed E-state index contributed by atoms with van der Waals surface area (Å²) in [5.74, 6) is -2.88. The molecule has 0 aliphatic heterocycles. The molecular formula is C16H17F2N. The fourth-order valence-electron chi connectivity index (χ4n) is 2.00. The van der Waals surface area contributed by atoms with Gasteiger partial charge >= 0.3 is 0 Å². The molecule has 0 aliphatic rings. The third-order valence-corrected chi connectivity index (χ3v) is 3.08. The largest absolute Gasteiger partial charge is 0.378 e. The molecule has 0 radical (unpaired) electrons. The van der Waals surface area contributed by atoms with Crippen LogP contribution in [0, 0.1) is 13.8 Å². The zero-order valence-electron chi connectivity index (χ0n) is 11.1. The molecule has 0 unspecified atom stereocenters. The maximum absolute atomic E-state index is 14.0. The molecule has 0 heterocycles. The first-order valence-electron chi connectivity index (χ1n) is 6.23. The maximum atomic E-state index is 14.0. The molecule has 0 bridgehead atoms. The van der Waals surface area contributed by atoms with Crippen molar-refractivity contribution in [3.05, 3.63) is 65.2 Å². The van der Waals surface area contributed by atoms with Crippen molar-refractivity contribution in [3.63, 3.8) is 0 Å². The van der Waals surface area contributed by atoms with Crippen LogP contribution in [0.2, 0.25) is 0 Å². The Morgan fingerprint density at radius 2 is 1.68 bits per heavy atom. The summed E-state index contributed by atoms with van der Waals surface area (Å²) in [5, 5.41) is 2.83. The summed E-state index contributed by atoms with van der Waals surface area (Å²) in [5.41, 5.74) is 2.88. The van der Waals surface area contributed by atoms with Gasteiger partial charge in [-0.25, -0.2) is 0 Å². The number of aryl methyl sites for hydroxylation is 2. The zero-order chi connectivity index (χ0) is 13.9. The van der Waals surface area contributed by atoms with E-state index in [2.05, 4.69) is 5.32 Å². The van der Waals surface area contributed by atoms with Gasteiger partial charge in [0.05, 0.1) is 6.54 Å². The molecule has 0 atom stereocenters. The lowest BCUT2D eigenvalue weighted by Gasteiger charge is -2.19. The standard InChI is InChI=1S/C16H17F2N/c1-12-8-9-15(13(2)10-12)19-11-16(17,18)14-6-4-3-5-7-14/h3-10,19H,11H2,1-2H3. The van der Waals surface area contributed by atoms with Gasteiger partial charge in [0, 0.05) is 11.3 Å². The van der Waals surface area contributed by atoms with Gasteiger partial charge in [-0.3, -0.25) is 0 Å². The van der Waals surface area contributed by atoms with E-state index in [4.69, 9.17) is 0 Å². The van der Waals surface area contributed by atoms with Crippen molar-refractivity contribution in [3.8, 4) is 0 Å². The van der Waals surface area contributed by atoms with Crippen molar-refractivity contribution in [1.82, 2.24) is 0 Å². The van der Waals surface area contributed by atoms with Crippen LogP contribution in [-0.4, -0.2) is 6.54 Å². The second-order valence-electron chi connectivity index (χ2n) is 4.74. The molecule has 2 rings (SSSR count). The third kappa shape index (κ3) is 3.31. The Balaban J connectivity index is 2.09. The van der Waals surface area contributed by atoms with E-state index in [0.717, 1.165) is 16.8 Å². The van der Waals surface area contributed by atoms with Gasteiger partial charge in [0.25, 0.3) is 5.92 Å². The van der Waals surface area contributed by atoms with Crippen LogP contribution in [0.4, 0.5) is 14.5 Å². The van der Waals surface area contributed by atoms with Gasteiger partial charge in [-0.1, -0.05) is 48.0 Å². The first kappa shape index (κ1) is 13.5. The molecule has 0 saturated heterocycles. The van der Waals surface area contributed by atoms with Crippen LogP contribution in [0.15, 0.2) is 48.5 Å². The van der Waals surface area contributed by atoms with E-state index >= 15 is 0 Å². The molecule has 0 fully saturated rings. The molecule has 0 amide bonds. The van der Waals surface area contributed by atoms with Gasteiger partial charge in [0.1, 0.15) is 0 Å². The molecule has 19 heavy (non-hydrogen) atoms. The molecule has 3 heteroatoms. The predicted molar refractivity (Wildman–Crippen MR) is 74.7 cm³/mol. The Labute approximate surface area is 112 Å². The number of nitrogens with one attached hydrogen (secondary N) is 1. The molecule has 0 spiro atoms. The number of rotatable bonds is 4. The third-order valence-electron chi connectivity index (χ3n) is 3.08. The van der Waals surface area contributed by atoms with E-state index in [1.54, 1.807) is 18.2 Å². The van der Waals surface area contributed by atoms with Gasteiger partial charge in [-0.15, -0.1) is 0 Å². The smallest absolute Gasteiger partial charge is 0.290 e. The van der Waals surface area contributed by atoms with Crippen molar-refractivity contribution >= 4 is 5.69 Å². The zero-order valence-corrected chi connectivity index (χ0v) is 11.1. The second kappa shape index (κ2) is 5.39. The summed E-state index contributed by atoms with van der Waals surface area (Å²) in [6.45, 7) is 3.49. The number of hydrogen-bond acceptors (Lipinski definition) is 1. The Kier molecular flexibility index (Phi) is 3.84. The van der Waals surface area contributed by atoms with Crippen molar-refractivity contribution < 1.29 is 8.78 Å². The Bertz CT molecular complexity index is 550. The average molecular weight is 261 g/mol. The second-order valence-corrected chi connectivity index (χ2v) is 4.74. The molecule has 0 aliphatic carbocycles. The van der Waals surface area contributed by atoms with Crippen LogP contribution in [0.25, 0.3) is 0 Å². The van der Waals surface area contributed by atoms with E-state index < -0.39 is 12.5 Å². The molecule has 100 valence electrons. The number of halogens is 2. The van der Waals surface area contributed by atoms with Gasteiger partial charge in [-0.05, 0) is 25.5 Å². The van der Waals surface area contributed by atoms with Crippen LogP contribution in [0.3, 0.4) is 0 Å². The van der Waals surface area contributed by atoms with E-state index in [1.165, 1.54) is 12.1 Å². The van der Waals surface area contributed by atoms with E-state index in [1.807, 2.05) is 32.0 Å². The van der Waals surface area contributed by atoms with Crippen molar-refractivity contribution in [2.75, 3.05) is 11.9 Å². The van der Waals surface area contributed by atoms with Gasteiger partial charge in [0.2, 0.25) is 0 Å². The SMILES string of the molecule is Cc1ccc(NCC(F)(F)c2ccccc2)c(C)c1. The summed E-state index contributed by atoms with van der Waals surface area (Å²) in [6.07, 6.45) is 0. The molecule has 2 aromatic carbocycles. The van der Waals surface area contributed by atoms with Crippen LogP contribution in [-0.2, 0) is 5.92 Å². The predicted octanol–water partition coefficient (Wildman–Crippen LogP) is 4.51. The number of hydrogen-bond donors (Lipinski definition) is 1. The van der Waals surface area contributed by atoms with Gasteiger partial charge < -0.3 is 5.32 Å². The molecular weight excluding hydrogens is 244 g/mol. The Hall–Kier alpha value is -1.90. The highest BCUT2D eigenvalue weighted by Crippen LogP contribution is 2.28. The first-order chi connectivity index (χ1) is 8.99. The minimum absolute atomic E-state index is 0.0345. The highest BCUT2D eigenvalue weighted by molar-refractivity contribution is 5.52. The summed E-state index contributed by atoms with van der Waals surface area (Å²) in [6, 6.07) is 13.6. The summed E-state index contributed by atoms with van der Waals surface area (Å²) >= 11 is 0. The summed E-state index contributed by atoms with van der Waals surface area (Å²) in [4.78, 5) is 0. The Morgan fingerprint density at radius 3 is 2.32 bits per heavy atom. The quantitative estimate of drug-likeness (QED) is 0.854. The Morgan fingerprint density at radius 1 is 1.00 bits per heavy atom. The van der Waals surface area contributed by atoms with Crippen LogP contribution < -0.4 is 5.32 Å². The average Bonchev–Trinajstić information content (AvgIpc) is 2.39. The monoisotopic (exact) mass is 261 g/mol. The lowest BCUT2D eigenvalue weighted by molar-refractivity contribution is 0.0106. The highest BCUT2D eigenvalue weighted by atomic mass is 19.3. The topological polar surface area (TPSA) is 12.0 Å². The van der Waals surface area contributed by atoms with Crippen molar-refractivity contribution in [1.29, 1.82) is 0 Å². The molecule has 0 aromatic heterocycles. The van der Waals surface area contributed by atoms with Crippen LogP contribution in [0.5, 0.6) is 0 Å². The van der Waals surface area contributed by atoms with E-state index in [-0.39, 0.29) is 5.56 Å². The minimum atomic E-state index is -2.88. The number of benzene rings is 2. The fraction of sp³-hybridized carbons (Fsp3) is 0.250. The first-order valence-corrected chi connectivity index (χ1v) is 6.23. The minimum Gasteiger partial charge on any atom is -0.378 e. The van der Waals surface area contributed by atoms with Crippen molar-refractivity contribution in [2.45, 2.75) is 19.8 Å². The molecule has 1 N–H and O–H groups in total. The van der Waals surface area contributed by atoms with Crippen LogP contribution in [0.1, 0.15) is 16.7 Å².